The van der Waals surface area contributed by atoms with E-state index in [0.29, 0.717) is 11.2 Å². The van der Waals surface area contributed by atoms with Crippen molar-refractivity contribution in [2.24, 2.45) is 5.10 Å². The minimum Gasteiger partial charge on any atom is -0.359 e. The van der Waals surface area contributed by atoms with Crippen molar-refractivity contribution in [3.63, 3.8) is 0 Å². The van der Waals surface area contributed by atoms with Gasteiger partial charge in [-0.1, -0.05) is 24.3 Å². The van der Waals surface area contributed by atoms with Crippen LogP contribution in [0.4, 0.5) is 0 Å². The van der Waals surface area contributed by atoms with Crippen LogP contribution in [0.15, 0.2) is 29.4 Å². The lowest BCUT2D eigenvalue weighted by Gasteiger charge is -2.18. The SMILES string of the molecule is CC(C)NC(=S)NN=C1CCCc2ccccc21. The Morgan fingerprint density at radius 1 is 1.28 bits per heavy atom. The highest BCUT2D eigenvalue weighted by Gasteiger charge is 2.14. The van der Waals surface area contributed by atoms with Gasteiger partial charge in [-0.15, -0.1) is 0 Å². The molecule has 1 aromatic rings. The van der Waals surface area contributed by atoms with Crippen LogP contribution in [0.5, 0.6) is 0 Å². The van der Waals surface area contributed by atoms with Gasteiger partial charge in [-0.25, -0.2) is 0 Å². The zero-order valence-corrected chi connectivity index (χ0v) is 11.7. The highest BCUT2D eigenvalue weighted by Crippen LogP contribution is 2.20. The Hall–Kier alpha value is -1.42. The first kappa shape index (κ1) is 13.0. The Morgan fingerprint density at radius 3 is 2.83 bits per heavy atom. The summed E-state index contributed by atoms with van der Waals surface area (Å²) in [5.41, 5.74) is 6.67. The topological polar surface area (TPSA) is 36.4 Å². The summed E-state index contributed by atoms with van der Waals surface area (Å²) in [5, 5.41) is 8.14. The Balaban J connectivity index is 2.08. The molecule has 1 aliphatic rings. The van der Waals surface area contributed by atoms with E-state index in [1.54, 1.807) is 0 Å². The lowest BCUT2D eigenvalue weighted by molar-refractivity contribution is 0.718. The van der Waals surface area contributed by atoms with Crippen molar-refractivity contribution < 1.29 is 0 Å². The number of nitrogens with one attached hydrogen (secondary N) is 2. The number of thiocarbonyl (C=S) groups is 1. The summed E-state index contributed by atoms with van der Waals surface area (Å²) >= 11 is 5.17. The summed E-state index contributed by atoms with van der Waals surface area (Å²) < 4.78 is 0. The van der Waals surface area contributed by atoms with E-state index in [2.05, 4.69) is 54.0 Å². The lowest BCUT2D eigenvalue weighted by Crippen LogP contribution is -2.37. The minimum atomic E-state index is 0.323. The third-order valence-corrected chi connectivity index (χ3v) is 3.11. The summed E-state index contributed by atoms with van der Waals surface area (Å²) in [6.07, 6.45) is 3.31. The van der Waals surface area contributed by atoms with Crippen LogP contribution < -0.4 is 10.7 Å². The molecule has 0 saturated carbocycles. The molecule has 2 rings (SSSR count). The van der Waals surface area contributed by atoms with Crippen LogP contribution in [0, 0.1) is 0 Å². The van der Waals surface area contributed by atoms with Crippen molar-refractivity contribution in [1.82, 2.24) is 10.7 Å². The highest BCUT2D eigenvalue weighted by atomic mass is 32.1. The number of fused-ring (bicyclic) bond motifs is 1. The van der Waals surface area contributed by atoms with Gasteiger partial charge >= 0.3 is 0 Å². The van der Waals surface area contributed by atoms with E-state index in [1.165, 1.54) is 11.1 Å². The quantitative estimate of drug-likeness (QED) is 0.634. The number of aryl methyl sites for hydroxylation is 1. The van der Waals surface area contributed by atoms with E-state index in [9.17, 15) is 0 Å². The first-order valence-corrected chi connectivity index (χ1v) is 6.79. The molecule has 2 N–H and O–H groups in total. The Labute approximate surface area is 114 Å². The fraction of sp³-hybridized carbons (Fsp3) is 0.429. The number of nitrogens with zero attached hydrogens (tertiary/aromatic N) is 1. The van der Waals surface area contributed by atoms with Crippen LogP contribution in [-0.2, 0) is 6.42 Å². The fourth-order valence-electron chi connectivity index (χ4n) is 2.13. The number of rotatable bonds is 2. The molecule has 0 atom stereocenters. The van der Waals surface area contributed by atoms with Crippen LogP contribution in [0.2, 0.25) is 0 Å². The van der Waals surface area contributed by atoms with Gasteiger partial charge in [0, 0.05) is 11.6 Å². The van der Waals surface area contributed by atoms with Gasteiger partial charge in [-0.2, -0.15) is 5.10 Å². The van der Waals surface area contributed by atoms with Gasteiger partial charge in [0.25, 0.3) is 0 Å². The molecule has 0 aliphatic heterocycles. The average molecular weight is 261 g/mol. The first-order chi connectivity index (χ1) is 8.66. The molecular formula is C14H19N3S. The second kappa shape index (κ2) is 5.96. The number of hydrazone groups is 1. The van der Waals surface area contributed by atoms with Gasteiger partial charge in [-0.3, -0.25) is 5.43 Å². The van der Waals surface area contributed by atoms with E-state index >= 15 is 0 Å². The largest absolute Gasteiger partial charge is 0.359 e. The van der Waals surface area contributed by atoms with Gasteiger partial charge in [0.15, 0.2) is 5.11 Å². The molecule has 0 heterocycles. The standard InChI is InChI=1S/C14H19N3S/c1-10(2)15-14(18)17-16-13-9-5-7-11-6-3-4-8-12(11)13/h3-4,6,8,10H,5,7,9H2,1-2H3,(H2,15,17,18). The van der Waals surface area contributed by atoms with Crippen molar-refractivity contribution in [3.05, 3.63) is 35.4 Å². The lowest BCUT2D eigenvalue weighted by atomic mass is 9.90. The molecule has 3 nitrogen and oxygen atoms in total. The van der Waals surface area contributed by atoms with E-state index in [-0.39, 0.29) is 0 Å². The van der Waals surface area contributed by atoms with E-state index in [0.717, 1.165) is 25.0 Å². The van der Waals surface area contributed by atoms with E-state index in [1.807, 2.05) is 0 Å². The maximum atomic E-state index is 5.17. The molecule has 96 valence electrons. The maximum Gasteiger partial charge on any atom is 0.187 e. The zero-order chi connectivity index (χ0) is 13.0. The normalized spacial score (nSPS) is 16.5. The van der Waals surface area contributed by atoms with Gasteiger partial charge in [-0.05, 0) is 50.9 Å². The van der Waals surface area contributed by atoms with Crippen molar-refractivity contribution in [2.45, 2.75) is 39.2 Å². The minimum absolute atomic E-state index is 0.323. The molecule has 0 fully saturated rings. The van der Waals surface area contributed by atoms with Crippen LogP contribution in [0.1, 0.15) is 37.8 Å². The van der Waals surface area contributed by atoms with Crippen LogP contribution in [0.25, 0.3) is 0 Å². The molecule has 4 heteroatoms. The Bertz CT molecular complexity index is 466. The number of hydrogen-bond donors (Lipinski definition) is 2. The first-order valence-electron chi connectivity index (χ1n) is 6.38. The Kier molecular flexibility index (Phi) is 4.31. The van der Waals surface area contributed by atoms with Crippen LogP contribution in [-0.4, -0.2) is 16.9 Å². The summed E-state index contributed by atoms with van der Waals surface area (Å²) in [4.78, 5) is 0. The molecule has 18 heavy (non-hydrogen) atoms. The van der Waals surface area contributed by atoms with Crippen molar-refractivity contribution >= 4 is 23.0 Å². The average Bonchev–Trinajstić information content (AvgIpc) is 2.35. The van der Waals surface area contributed by atoms with Crippen molar-refractivity contribution in [2.75, 3.05) is 0 Å². The molecule has 0 saturated heterocycles. The second-order valence-electron chi connectivity index (χ2n) is 4.81. The fourth-order valence-corrected chi connectivity index (χ4v) is 2.41. The molecule has 1 aromatic carbocycles. The van der Waals surface area contributed by atoms with Crippen molar-refractivity contribution in [1.29, 1.82) is 0 Å². The third kappa shape index (κ3) is 3.29. The summed E-state index contributed by atoms with van der Waals surface area (Å²) in [6, 6.07) is 8.77. The predicted octanol–water partition coefficient (Wildman–Crippen LogP) is 2.60. The molecule has 0 amide bonds. The molecule has 0 unspecified atom stereocenters. The van der Waals surface area contributed by atoms with Gasteiger partial charge < -0.3 is 5.32 Å². The number of hydrogen-bond acceptors (Lipinski definition) is 2. The highest BCUT2D eigenvalue weighted by molar-refractivity contribution is 7.80. The second-order valence-corrected chi connectivity index (χ2v) is 5.22. The molecule has 1 aliphatic carbocycles. The molecule has 0 bridgehead atoms. The smallest absolute Gasteiger partial charge is 0.187 e. The Morgan fingerprint density at radius 2 is 2.06 bits per heavy atom. The van der Waals surface area contributed by atoms with Crippen LogP contribution >= 0.6 is 12.2 Å². The van der Waals surface area contributed by atoms with Gasteiger partial charge in [0.05, 0.1) is 5.71 Å². The summed E-state index contributed by atoms with van der Waals surface area (Å²) in [7, 11) is 0. The zero-order valence-electron chi connectivity index (χ0n) is 10.9. The third-order valence-electron chi connectivity index (χ3n) is 2.90. The maximum absolute atomic E-state index is 5.17. The number of benzene rings is 1. The molecule has 0 spiro atoms. The molecule has 0 radical (unpaired) electrons. The van der Waals surface area contributed by atoms with Crippen LogP contribution in [0.3, 0.4) is 0 Å². The van der Waals surface area contributed by atoms with E-state index in [4.69, 9.17) is 12.2 Å². The molecular weight excluding hydrogens is 242 g/mol. The summed E-state index contributed by atoms with van der Waals surface area (Å²) in [6.45, 7) is 4.11. The summed E-state index contributed by atoms with van der Waals surface area (Å²) in [5.74, 6) is 0. The van der Waals surface area contributed by atoms with Gasteiger partial charge in [0.2, 0.25) is 0 Å². The van der Waals surface area contributed by atoms with Crippen molar-refractivity contribution in [3.8, 4) is 0 Å². The predicted molar refractivity (Wildman–Crippen MR) is 79.9 cm³/mol. The van der Waals surface area contributed by atoms with Gasteiger partial charge in [0.1, 0.15) is 0 Å². The monoisotopic (exact) mass is 261 g/mol. The van der Waals surface area contributed by atoms with E-state index < -0.39 is 0 Å². The molecule has 0 aromatic heterocycles.